The molecule has 1 saturated heterocycles. The molecule has 9 heteroatoms. The monoisotopic (exact) mass is 516 g/mol. The maximum Gasteiger partial charge on any atom is 0.277 e. The molecule has 2 aromatic carbocycles. The molecular formula is C29H36N6O3. The van der Waals surface area contributed by atoms with Gasteiger partial charge in [-0.1, -0.05) is 54.6 Å². The van der Waals surface area contributed by atoms with Gasteiger partial charge in [0, 0.05) is 32.1 Å². The number of aliphatic hydroxyl groups is 1. The summed E-state index contributed by atoms with van der Waals surface area (Å²) in [7, 11) is 1.63. The maximum absolute atomic E-state index is 13.1. The van der Waals surface area contributed by atoms with Crippen molar-refractivity contribution in [3.05, 3.63) is 93.7 Å². The Morgan fingerprint density at radius 1 is 1.05 bits per heavy atom. The second-order valence-electron chi connectivity index (χ2n) is 9.84. The largest absolute Gasteiger partial charge is 0.392 e. The van der Waals surface area contributed by atoms with Crippen molar-refractivity contribution in [3.63, 3.8) is 0 Å². The highest BCUT2D eigenvalue weighted by atomic mass is 16.3. The van der Waals surface area contributed by atoms with Crippen LogP contribution in [0.5, 0.6) is 0 Å². The smallest absolute Gasteiger partial charge is 0.277 e. The van der Waals surface area contributed by atoms with Crippen molar-refractivity contribution in [2.75, 3.05) is 32.4 Å². The minimum absolute atomic E-state index is 0.0174. The molecule has 200 valence electrons. The Hall–Kier alpha value is -3.82. The highest BCUT2D eigenvalue weighted by Gasteiger charge is 2.34. The Labute approximate surface area is 222 Å². The molecule has 2 heterocycles. The van der Waals surface area contributed by atoms with Gasteiger partial charge in [-0.25, -0.2) is 4.98 Å². The number of benzene rings is 2. The molecule has 0 saturated carbocycles. The van der Waals surface area contributed by atoms with E-state index >= 15 is 0 Å². The molecule has 0 bridgehead atoms. The number of nitrogens with two attached hydrogens (primary N) is 2. The summed E-state index contributed by atoms with van der Waals surface area (Å²) in [4.78, 5) is 36.4. The number of rotatable bonds is 9. The summed E-state index contributed by atoms with van der Waals surface area (Å²) in [6.07, 6.45) is 4.05. The summed E-state index contributed by atoms with van der Waals surface area (Å²) in [5.74, 6) is 0.0748. The lowest BCUT2D eigenvalue weighted by Crippen LogP contribution is -2.50. The number of likely N-dealkylation sites (tertiary alicyclic amines) is 1. The molecule has 0 radical (unpaired) electrons. The second kappa shape index (κ2) is 12.1. The van der Waals surface area contributed by atoms with Crippen LogP contribution in [0.25, 0.3) is 0 Å². The number of piperidine rings is 1. The van der Waals surface area contributed by atoms with Gasteiger partial charge < -0.3 is 21.5 Å². The number of aliphatic imine (C=N–C) groups is 1. The first-order valence-electron chi connectivity index (χ1n) is 13.0. The lowest BCUT2D eigenvalue weighted by molar-refractivity contribution is -0.135. The van der Waals surface area contributed by atoms with Crippen molar-refractivity contribution in [1.82, 2.24) is 14.5 Å². The lowest BCUT2D eigenvalue weighted by atomic mass is 9.91. The Balaban J connectivity index is 1.40. The zero-order valence-electron chi connectivity index (χ0n) is 21.8. The third kappa shape index (κ3) is 6.35. The van der Waals surface area contributed by atoms with E-state index in [9.17, 15) is 14.7 Å². The lowest BCUT2D eigenvalue weighted by Gasteiger charge is -2.38. The van der Waals surface area contributed by atoms with Gasteiger partial charge in [-0.2, -0.15) is 0 Å². The van der Waals surface area contributed by atoms with Crippen LogP contribution in [0.4, 0.5) is 5.69 Å². The normalized spacial score (nSPS) is 15.4. The molecule has 1 aromatic heterocycles. The van der Waals surface area contributed by atoms with Gasteiger partial charge in [0.2, 0.25) is 5.91 Å². The van der Waals surface area contributed by atoms with Crippen molar-refractivity contribution in [2.45, 2.75) is 44.2 Å². The molecule has 0 aliphatic carbocycles. The summed E-state index contributed by atoms with van der Waals surface area (Å²) >= 11 is 0. The fourth-order valence-electron chi connectivity index (χ4n) is 4.88. The molecule has 1 amide bonds. The number of nitrogen functional groups attached to an aromatic ring is 1. The molecule has 1 aliphatic rings. The number of hydrogen-bond donors (Lipinski definition) is 3. The van der Waals surface area contributed by atoms with Crippen LogP contribution < -0.4 is 17.0 Å². The number of aryl methyl sites for hydroxylation is 1. The highest BCUT2D eigenvalue weighted by Crippen LogP contribution is 2.25. The zero-order valence-corrected chi connectivity index (χ0v) is 21.8. The Morgan fingerprint density at radius 3 is 2.34 bits per heavy atom. The van der Waals surface area contributed by atoms with Crippen LogP contribution in [0, 0.1) is 0 Å². The average Bonchev–Trinajstić information content (AvgIpc) is 2.93. The number of nitrogens with zero attached hydrogens (tertiary/aromatic N) is 4. The molecule has 0 unspecified atom stereocenters. The second-order valence-corrected chi connectivity index (χ2v) is 9.84. The van der Waals surface area contributed by atoms with Crippen molar-refractivity contribution in [2.24, 2.45) is 10.7 Å². The Bertz CT molecular complexity index is 1330. The summed E-state index contributed by atoms with van der Waals surface area (Å²) < 4.78 is 1.35. The van der Waals surface area contributed by atoms with Gasteiger partial charge in [0.05, 0.1) is 24.2 Å². The van der Waals surface area contributed by atoms with E-state index in [1.165, 1.54) is 10.9 Å². The molecule has 0 spiro atoms. The molecule has 9 nitrogen and oxygen atoms in total. The number of anilines is 1. The van der Waals surface area contributed by atoms with Gasteiger partial charge in [-0.3, -0.25) is 19.1 Å². The van der Waals surface area contributed by atoms with Gasteiger partial charge in [0.1, 0.15) is 11.4 Å². The number of carbonyl (C=O) groups is 1. The number of carbonyl (C=O) groups excluding carboxylic acids is 1. The van der Waals surface area contributed by atoms with Crippen LogP contribution in [0.3, 0.4) is 0 Å². The van der Waals surface area contributed by atoms with Crippen LogP contribution in [-0.4, -0.2) is 63.5 Å². The van der Waals surface area contributed by atoms with Crippen LogP contribution in [0.2, 0.25) is 0 Å². The number of amides is 1. The van der Waals surface area contributed by atoms with E-state index < -0.39 is 11.2 Å². The third-order valence-corrected chi connectivity index (χ3v) is 7.16. The molecule has 1 aliphatic heterocycles. The fraction of sp³-hybridized carbons (Fsp3) is 0.379. The summed E-state index contributed by atoms with van der Waals surface area (Å²) in [5, 5.41) is 11.2. The Morgan fingerprint density at radius 2 is 1.71 bits per heavy atom. The predicted octanol–water partition coefficient (Wildman–Crippen LogP) is 1.78. The molecule has 3 aromatic rings. The van der Waals surface area contributed by atoms with Gasteiger partial charge in [-0.15, -0.1) is 0 Å². The SMILES string of the molecule is CN=C(c1ccc(CCN)cc1)c1ncn(CC2(O)CCN(C(=O)CCc3ccccc3)CC2)c(=O)c1N. The minimum atomic E-state index is -1.13. The van der Waals surface area contributed by atoms with Crippen LogP contribution in [-0.2, 0) is 24.2 Å². The van der Waals surface area contributed by atoms with E-state index in [-0.39, 0.29) is 18.1 Å². The molecule has 1 fully saturated rings. The van der Waals surface area contributed by atoms with Crippen molar-refractivity contribution in [1.29, 1.82) is 0 Å². The molecular weight excluding hydrogens is 480 g/mol. The van der Waals surface area contributed by atoms with E-state index in [1.807, 2.05) is 54.6 Å². The highest BCUT2D eigenvalue weighted by molar-refractivity contribution is 6.14. The van der Waals surface area contributed by atoms with Crippen molar-refractivity contribution < 1.29 is 9.90 Å². The van der Waals surface area contributed by atoms with E-state index in [0.29, 0.717) is 56.7 Å². The van der Waals surface area contributed by atoms with E-state index in [4.69, 9.17) is 11.5 Å². The van der Waals surface area contributed by atoms with Gasteiger partial charge in [0.25, 0.3) is 5.56 Å². The first-order valence-corrected chi connectivity index (χ1v) is 13.0. The predicted molar refractivity (Wildman–Crippen MR) is 149 cm³/mol. The fourth-order valence-corrected chi connectivity index (χ4v) is 4.88. The minimum Gasteiger partial charge on any atom is -0.392 e. The standard InChI is InChI=1S/C29H36N6O3/c1-32-26(23-10-7-22(8-11-23)13-16-30)27-25(31)28(37)35(20-33-27)19-29(38)14-17-34(18-15-29)24(36)12-9-21-5-3-2-4-6-21/h2-8,10-11,20,38H,9,12-19,30-31H2,1H3. The quantitative estimate of drug-likeness (QED) is 0.371. The molecule has 38 heavy (non-hydrogen) atoms. The van der Waals surface area contributed by atoms with Gasteiger partial charge >= 0.3 is 0 Å². The zero-order chi connectivity index (χ0) is 27.1. The molecule has 4 rings (SSSR count). The first-order chi connectivity index (χ1) is 18.3. The van der Waals surface area contributed by atoms with Gasteiger partial charge in [-0.05, 0) is 43.4 Å². The Kier molecular flexibility index (Phi) is 8.70. The number of hydrogen-bond acceptors (Lipinski definition) is 7. The van der Waals surface area contributed by atoms with E-state index in [2.05, 4.69) is 9.98 Å². The first kappa shape index (κ1) is 27.2. The summed E-state index contributed by atoms with van der Waals surface area (Å²) in [6.45, 7) is 1.50. The summed E-state index contributed by atoms with van der Waals surface area (Å²) in [5.41, 5.74) is 14.2. The molecule has 5 N–H and O–H groups in total. The van der Waals surface area contributed by atoms with Crippen molar-refractivity contribution >= 4 is 17.3 Å². The van der Waals surface area contributed by atoms with Crippen LogP contribution in [0.1, 0.15) is 41.6 Å². The van der Waals surface area contributed by atoms with E-state index in [0.717, 1.165) is 23.1 Å². The number of aromatic nitrogens is 2. The average molecular weight is 517 g/mol. The maximum atomic E-state index is 13.1. The van der Waals surface area contributed by atoms with Crippen LogP contribution in [0.15, 0.2) is 70.7 Å². The topological polar surface area (TPSA) is 140 Å². The third-order valence-electron chi connectivity index (χ3n) is 7.16. The van der Waals surface area contributed by atoms with Gasteiger partial charge in [0.15, 0.2) is 0 Å². The van der Waals surface area contributed by atoms with Crippen LogP contribution >= 0.6 is 0 Å². The van der Waals surface area contributed by atoms with Crippen molar-refractivity contribution in [3.8, 4) is 0 Å². The van der Waals surface area contributed by atoms with E-state index in [1.54, 1.807) is 11.9 Å². The summed E-state index contributed by atoms with van der Waals surface area (Å²) in [6, 6.07) is 17.7. The molecule has 0 atom stereocenters.